The van der Waals surface area contributed by atoms with Gasteiger partial charge in [-0.05, 0) is 31.0 Å². The number of carbonyl (C=O) groups is 1. The third kappa shape index (κ3) is 4.81. The highest BCUT2D eigenvalue weighted by Crippen LogP contribution is 2.25. The van der Waals surface area contributed by atoms with Gasteiger partial charge >= 0.3 is 0 Å². The zero-order valence-electron chi connectivity index (χ0n) is 12.6. The summed E-state index contributed by atoms with van der Waals surface area (Å²) < 4.78 is 0. The van der Waals surface area contributed by atoms with Crippen LogP contribution in [0.15, 0.2) is 18.2 Å². The molecule has 1 aliphatic carbocycles. The molecule has 0 spiro atoms. The minimum atomic E-state index is 0.0452. The molecule has 116 valence electrons. The highest BCUT2D eigenvalue weighted by atomic mass is 35.5. The Morgan fingerprint density at radius 3 is 2.67 bits per heavy atom. The maximum Gasteiger partial charge on any atom is 0.239 e. The van der Waals surface area contributed by atoms with Crippen LogP contribution >= 0.6 is 11.6 Å². The summed E-state index contributed by atoms with van der Waals surface area (Å²) in [4.78, 5) is 14.0. The molecule has 21 heavy (non-hydrogen) atoms. The molecule has 0 aromatic heterocycles. The summed E-state index contributed by atoms with van der Waals surface area (Å²) in [5.74, 6) is 0.0452. The van der Waals surface area contributed by atoms with Gasteiger partial charge in [-0.15, -0.1) is 0 Å². The first kappa shape index (κ1) is 16.0. The van der Waals surface area contributed by atoms with E-state index < -0.39 is 0 Å². The van der Waals surface area contributed by atoms with E-state index in [0.717, 1.165) is 18.5 Å². The lowest BCUT2D eigenvalue weighted by Crippen LogP contribution is -2.41. The van der Waals surface area contributed by atoms with Crippen molar-refractivity contribution in [3.05, 3.63) is 23.2 Å². The van der Waals surface area contributed by atoms with Crippen LogP contribution in [0.1, 0.15) is 38.5 Å². The van der Waals surface area contributed by atoms with Crippen molar-refractivity contribution >= 4 is 28.9 Å². The number of likely N-dealkylation sites (N-methyl/N-ethyl adjacent to an activating group) is 1. The van der Waals surface area contributed by atoms with Gasteiger partial charge in [0, 0.05) is 18.1 Å². The number of nitrogens with zero attached hydrogens (tertiary/aromatic N) is 1. The predicted molar refractivity (Wildman–Crippen MR) is 88.8 cm³/mol. The molecule has 0 heterocycles. The molecule has 0 atom stereocenters. The van der Waals surface area contributed by atoms with E-state index in [0.29, 0.717) is 23.3 Å². The number of hydrogen-bond acceptors (Lipinski definition) is 3. The topological polar surface area (TPSA) is 58.4 Å². The fourth-order valence-corrected chi connectivity index (χ4v) is 3.01. The molecule has 1 amide bonds. The Morgan fingerprint density at radius 1 is 1.33 bits per heavy atom. The third-order valence-electron chi connectivity index (χ3n) is 4.00. The number of carbonyl (C=O) groups excluding carboxylic acids is 1. The van der Waals surface area contributed by atoms with Crippen LogP contribution in [0.25, 0.3) is 0 Å². The quantitative estimate of drug-likeness (QED) is 0.663. The van der Waals surface area contributed by atoms with Crippen LogP contribution in [0.4, 0.5) is 11.4 Å². The van der Waals surface area contributed by atoms with Crippen molar-refractivity contribution in [2.75, 3.05) is 24.2 Å². The molecule has 4 nitrogen and oxygen atoms in total. The monoisotopic (exact) mass is 309 g/mol. The van der Waals surface area contributed by atoms with Gasteiger partial charge in [0.15, 0.2) is 0 Å². The second-order valence-corrected chi connectivity index (χ2v) is 6.25. The third-order valence-corrected chi connectivity index (χ3v) is 4.24. The molecule has 2 rings (SSSR count). The van der Waals surface area contributed by atoms with Crippen LogP contribution in [0, 0.1) is 0 Å². The Morgan fingerprint density at radius 2 is 2.00 bits per heavy atom. The molecule has 1 saturated carbocycles. The summed E-state index contributed by atoms with van der Waals surface area (Å²) in [5.41, 5.74) is 7.36. The minimum absolute atomic E-state index is 0.0452. The van der Waals surface area contributed by atoms with E-state index in [1.54, 1.807) is 18.2 Å². The molecule has 0 unspecified atom stereocenters. The molecule has 5 heteroatoms. The van der Waals surface area contributed by atoms with Crippen LogP contribution in [-0.4, -0.2) is 25.5 Å². The Bertz CT molecular complexity index is 484. The molecular formula is C16H24ClN3O. The van der Waals surface area contributed by atoms with Crippen LogP contribution in [0.3, 0.4) is 0 Å². The maximum atomic E-state index is 12.2. The lowest BCUT2D eigenvalue weighted by Gasteiger charge is -2.23. The second-order valence-electron chi connectivity index (χ2n) is 5.82. The van der Waals surface area contributed by atoms with Crippen LogP contribution < -0.4 is 16.0 Å². The van der Waals surface area contributed by atoms with E-state index in [9.17, 15) is 4.79 Å². The molecule has 1 aromatic carbocycles. The highest BCUT2D eigenvalue weighted by Gasteiger charge is 2.16. The number of nitrogens with one attached hydrogen (secondary N) is 1. The average molecular weight is 310 g/mol. The number of nitrogen functional groups attached to an aromatic ring is 1. The normalized spacial score (nSPS) is 16.3. The second kappa shape index (κ2) is 7.55. The molecular weight excluding hydrogens is 286 g/mol. The van der Waals surface area contributed by atoms with Gasteiger partial charge in [0.25, 0.3) is 0 Å². The Kier molecular flexibility index (Phi) is 5.74. The largest absolute Gasteiger partial charge is 0.397 e. The molecule has 3 N–H and O–H groups in total. The van der Waals surface area contributed by atoms with Gasteiger partial charge in [0.1, 0.15) is 0 Å². The molecule has 1 aliphatic rings. The van der Waals surface area contributed by atoms with Crippen LogP contribution in [0.5, 0.6) is 0 Å². The van der Waals surface area contributed by atoms with Crippen LogP contribution in [0.2, 0.25) is 5.02 Å². The predicted octanol–water partition coefficient (Wildman–Crippen LogP) is 3.20. The van der Waals surface area contributed by atoms with Gasteiger partial charge in [-0.1, -0.05) is 37.3 Å². The average Bonchev–Trinajstić information content (AvgIpc) is 2.70. The number of nitrogens with two attached hydrogens (primary N) is 1. The van der Waals surface area contributed by atoms with E-state index in [-0.39, 0.29) is 5.91 Å². The molecule has 0 bridgehead atoms. The Hall–Kier alpha value is -1.42. The van der Waals surface area contributed by atoms with Gasteiger partial charge < -0.3 is 16.0 Å². The van der Waals surface area contributed by atoms with Crippen molar-refractivity contribution < 1.29 is 4.79 Å². The summed E-state index contributed by atoms with van der Waals surface area (Å²) in [6.45, 7) is 0.293. The fraction of sp³-hybridized carbons (Fsp3) is 0.562. The first-order valence-electron chi connectivity index (χ1n) is 7.62. The smallest absolute Gasteiger partial charge is 0.239 e. The number of rotatable bonds is 4. The maximum absolute atomic E-state index is 12.2. The molecule has 0 aliphatic heterocycles. The number of benzene rings is 1. The van der Waals surface area contributed by atoms with E-state index in [1.807, 2.05) is 11.9 Å². The zero-order valence-corrected chi connectivity index (χ0v) is 13.3. The van der Waals surface area contributed by atoms with E-state index >= 15 is 0 Å². The van der Waals surface area contributed by atoms with Gasteiger partial charge in [0.2, 0.25) is 5.91 Å². The van der Waals surface area contributed by atoms with Crippen molar-refractivity contribution in [2.45, 2.75) is 44.6 Å². The molecule has 1 fully saturated rings. The van der Waals surface area contributed by atoms with Gasteiger partial charge in [-0.25, -0.2) is 0 Å². The lowest BCUT2D eigenvalue weighted by molar-refractivity contribution is -0.120. The Labute approximate surface area is 131 Å². The summed E-state index contributed by atoms with van der Waals surface area (Å²) in [6, 6.07) is 5.62. The van der Waals surface area contributed by atoms with Crippen molar-refractivity contribution in [3.8, 4) is 0 Å². The minimum Gasteiger partial charge on any atom is -0.397 e. The lowest BCUT2D eigenvalue weighted by atomic mass is 10.1. The molecule has 0 saturated heterocycles. The van der Waals surface area contributed by atoms with Gasteiger partial charge in [0.05, 0.1) is 17.9 Å². The standard InChI is InChI=1S/C16H24ClN3O/c1-20(15-10-12(17)8-9-14(15)18)11-16(21)19-13-6-4-2-3-5-7-13/h8-10,13H,2-7,11,18H2,1H3,(H,19,21). The van der Waals surface area contributed by atoms with Crippen LogP contribution in [-0.2, 0) is 4.79 Å². The number of halogens is 1. The van der Waals surface area contributed by atoms with Gasteiger partial charge in [-0.3, -0.25) is 4.79 Å². The SMILES string of the molecule is CN(CC(=O)NC1CCCCCC1)c1cc(Cl)ccc1N. The number of hydrogen-bond donors (Lipinski definition) is 2. The zero-order chi connectivity index (χ0) is 15.2. The highest BCUT2D eigenvalue weighted by molar-refractivity contribution is 6.31. The summed E-state index contributed by atoms with van der Waals surface area (Å²) >= 11 is 5.99. The number of amides is 1. The summed E-state index contributed by atoms with van der Waals surface area (Å²) in [5, 5.41) is 3.76. The van der Waals surface area contributed by atoms with E-state index in [1.165, 1.54) is 25.7 Å². The first-order chi connectivity index (χ1) is 10.1. The van der Waals surface area contributed by atoms with E-state index in [4.69, 9.17) is 17.3 Å². The van der Waals surface area contributed by atoms with Crippen molar-refractivity contribution in [1.82, 2.24) is 5.32 Å². The van der Waals surface area contributed by atoms with Crippen molar-refractivity contribution in [1.29, 1.82) is 0 Å². The molecule has 1 aromatic rings. The van der Waals surface area contributed by atoms with Gasteiger partial charge in [-0.2, -0.15) is 0 Å². The number of anilines is 2. The summed E-state index contributed by atoms with van der Waals surface area (Å²) in [7, 11) is 1.86. The Balaban J connectivity index is 1.90. The first-order valence-corrected chi connectivity index (χ1v) is 7.99. The van der Waals surface area contributed by atoms with E-state index in [2.05, 4.69) is 5.32 Å². The van der Waals surface area contributed by atoms with Crippen molar-refractivity contribution in [3.63, 3.8) is 0 Å². The fourth-order valence-electron chi connectivity index (χ4n) is 2.85. The molecule has 0 radical (unpaired) electrons. The van der Waals surface area contributed by atoms with Crippen molar-refractivity contribution in [2.24, 2.45) is 0 Å². The summed E-state index contributed by atoms with van der Waals surface area (Å²) in [6.07, 6.45) is 7.17.